The SMILES string of the molecule is OC([C](Cl)Cl)c1ccccc1. The summed E-state index contributed by atoms with van der Waals surface area (Å²) in [5.41, 5.74) is 0.701. The van der Waals surface area contributed by atoms with Gasteiger partial charge in [0.15, 0.2) is 4.84 Å². The van der Waals surface area contributed by atoms with Crippen LogP contribution in [0.4, 0.5) is 0 Å². The molecule has 0 saturated heterocycles. The van der Waals surface area contributed by atoms with Crippen LogP contribution in [0, 0.1) is 4.84 Å². The van der Waals surface area contributed by atoms with Crippen LogP contribution in [0.2, 0.25) is 0 Å². The van der Waals surface area contributed by atoms with E-state index in [-0.39, 0.29) is 4.84 Å². The average Bonchev–Trinajstić information content (AvgIpc) is 2.05. The van der Waals surface area contributed by atoms with E-state index in [0.29, 0.717) is 5.56 Å². The van der Waals surface area contributed by atoms with Gasteiger partial charge in [0.2, 0.25) is 0 Å². The van der Waals surface area contributed by atoms with Gasteiger partial charge in [0.05, 0.1) is 0 Å². The van der Waals surface area contributed by atoms with E-state index in [0.717, 1.165) is 0 Å². The highest BCUT2D eigenvalue weighted by atomic mass is 35.5. The molecule has 1 rings (SSSR count). The molecule has 0 fully saturated rings. The van der Waals surface area contributed by atoms with Crippen LogP contribution < -0.4 is 0 Å². The molecule has 0 amide bonds. The molecule has 0 spiro atoms. The van der Waals surface area contributed by atoms with Crippen LogP contribution in [-0.4, -0.2) is 5.11 Å². The maximum atomic E-state index is 9.30. The third kappa shape index (κ3) is 2.37. The Hall–Kier alpha value is -0.240. The Morgan fingerprint density at radius 2 is 1.73 bits per heavy atom. The zero-order valence-electron chi connectivity index (χ0n) is 5.67. The van der Waals surface area contributed by atoms with Crippen molar-refractivity contribution in [2.45, 2.75) is 6.10 Å². The fourth-order valence-electron chi connectivity index (χ4n) is 0.761. The van der Waals surface area contributed by atoms with Crippen LogP contribution in [0.3, 0.4) is 0 Å². The van der Waals surface area contributed by atoms with Crippen LogP contribution >= 0.6 is 23.2 Å². The van der Waals surface area contributed by atoms with Gasteiger partial charge in [0, 0.05) is 0 Å². The van der Waals surface area contributed by atoms with Crippen molar-refractivity contribution >= 4 is 23.2 Å². The van der Waals surface area contributed by atoms with Gasteiger partial charge in [-0.15, -0.1) is 0 Å². The first-order valence-corrected chi connectivity index (χ1v) is 3.88. The lowest BCUT2D eigenvalue weighted by molar-refractivity contribution is 0.215. The van der Waals surface area contributed by atoms with Crippen LogP contribution in [0.5, 0.6) is 0 Å². The molecule has 1 nitrogen and oxygen atoms in total. The van der Waals surface area contributed by atoms with Gasteiger partial charge >= 0.3 is 0 Å². The van der Waals surface area contributed by atoms with Crippen molar-refractivity contribution in [3.8, 4) is 0 Å². The monoisotopic (exact) mass is 189 g/mol. The summed E-state index contributed by atoms with van der Waals surface area (Å²) in [6, 6.07) is 9.01. The molecule has 1 N–H and O–H groups in total. The Labute approximate surface area is 75.6 Å². The van der Waals surface area contributed by atoms with E-state index in [2.05, 4.69) is 0 Å². The Bertz CT molecular complexity index is 211. The van der Waals surface area contributed by atoms with Gasteiger partial charge in [0.25, 0.3) is 0 Å². The summed E-state index contributed by atoms with van der Waals surface area (Å²) < 4.78 is 0. The van der Waals surface area contributed by atoms with Gasteiger partial charge in [-0.05, 0) is 5.56 Å². The first-order valence-electron chi connectivity index (χ1n) is 3.12. The first kappa shape index (κ1) is 8.85. The van der Waals surface area contributed by atoms with Gasteiger partial charge in [0.1, 0.15) is 6.10 Å². The lowest BCUT2D eigenvalue weighted by Gasteiger charge is -2.09. The second-order valence-electron chi connectivity index (χ2n) is 2.10. The Balaban J connectivity index is 2.77. The zero-order valence-corrected chi connectivity index (χ0v) is 7.18. The number of rotatable bonds is 2. The Kier molecular flexibility index (Phi) is 3.18. The normalized spacial score (nSPS) is 13.5. The van der Waals surface area contributed by atoms with Crippen LogP contribution in [0.1, 0.15) is 11.7 Å². The molecular weight excluding hydrogens is 183 g/mol. The molecule has 59 valence electrons. The van der Waals surface area contributed by atoms with E-state index in [1.54, 1.807) is 12.1 Å². The molecular formula is C8H7Cl2O. The molecule has 0 aliphatic carbocycles. The molecule has 1 aromatic rings. The van der Waals surface area contributed by atoms with Crippen LogP contribution in [-0.2, 0) is 0 Å². The van der Waals surface area contributed by atoms with E-state index in [1.807, 2.05) is 18.2 Å². The molecule has 0 heterocycles. The lowest BCUT2D eigenvalue weighted by atomic mass is 10.1. The number of hydrogen-bond acceptors (Lipinski definition) is 1. The van der Waals surface area contributed by atoms with Gasteiger partial charge in [-0.1, -0.05) is 53.5 Å². The number of hydrogen-bond donors (Lipinski definition) is 1. The predicted molar refractivity (Wildman–Crippen MR) is 46.4 cm³/mol. The highest BCUT2D eigenvalue weighted by Crippen LogP contribution is 2.29. The van der Waals surface area contributed by atoms with Gasteiger partial charge in [-0.3, -0.25) is 0 Å². The molecule has 0 aromatic heterocycles. The second-order valence-corrected chi connectivity index (χ2v) is 3.11. The maximum Gasteiger partial charge on any atom is 0.183 e. The molecule has 0 bridgehead atoms. The van der Waals surface area contributed by atoms with Crippen molar-refractivity contribution in [1.82, 2.24) is 0 Å². The fourth-order valence-corrected chi connectivity index (χ4v) is 1.01. The van der Waals surface area contributed by atoms with Gasteiger partial charge in [-0.2, -0.15) is 0 Å². The summed E-state index contributed by atoms with van der Waals surface area (Å²) in [7, 11) is 0. The highest BCUT2D eigenvalue weighted by molar-refractivity contribution is 6.52. The number of aliphatic hydroxyl groups is 1. The summed E-state index contributed by atoms with van der Waals surface area (Å²) in [4.78, 5) is -0.0313. The highest BCUT2D eigenvalue weighted by Gasteiger charge is 2.15. The molecule has 11 heavy (non-hydrogen) atoms. The molecule has 0 saturated carbocycles. The molecule has 3 heteroatoms. The van der Waals surface area contributed by atoms with Gasteiger partial charge < -0.3 is 5.11 Å². The summed E-state index contributed by atoms with van der Waals surface area (Å²) in [6.45, 7) is 0. The van der Waals surface area contributed by atoms with Gasteiger partial charge in [-0.25, -0.2) is 0 Å². The van der Waals surface area contributed by atoms with E-state index in [4.69, 9.17) is 23.2 Å². The maximum absolute atomic E-state index is 9.30. The van der Waals surface area contributed by atoms with Crippen molar-refractivity contribution in [3.05, 3.63) is 40.7 Å². The van der Waals surface area contributed by atoms with E-state index in [1.165, 1.54) is 0 Å². The number of benzene rings is 1. The Morgan fingerprint density at radius 3 is 2.18 bits per heavy atom. The number of aliphatic hydroxyl groups excluding tert-OH is 1. The standard InChI is InChI=1S/C8H7Cl2O/c9-8(10)7(11)6-4-2-1-3-5-6/h1-5,7,11H. The quantitative estimate of drug-likeness (QED) is 0.759. The van der Waals surface area contributed by atoms with E-state index in [9.17, 15) is 5.11 Å². The first-order chi connectivity index (χ1) is 5.22. The molecule has 1 aromatic carbocycles. The van der Waals surface area contributed by atoms with Crippen molar-refractivity contribution in [2.24, 2.45) is 0 Å². The topological polar surface area (TPSA) is 20.2 Å². The van der Waals surface area contributed by atoms with E-state index >= 15 is 0 Å². The molecule has 1 radical (unpaired) electrons. The van der Waals surface area contributed by atoms with E-state index < -0.39 is 6.10 Å². The predicted octanol–water partition coefficient (Wildman–Crippen LogP) is 2.69. The second kappa shape index (κ2) is 3.96. The summed E-state index contributed by atoms with van der Waals surface area (Å²) in [5.74, 6) is 0. The third-order valence-electron chi connectivity index (χ3n) is 1.32. The minimum absolute atomic E-state index is 0.0313. The van der Waals surface area contributed by atoms with Crippen molar-refractivity contribution in [2.75, 3.05) is 0 Å². The average molecular weight is 190 g/mol. The fraction of sp³-hybridized carbons (Fsp3) is 0.125. The summed E-state index contributed by atoms with van der Waals surface area (Å²) in [6.07, 6.45) is -0.875. The minimum atomic E-state index is -0.875. The van der Waals surface area contributed by atoms with Crippen LogP contribution in [0.15, 0.2) is 30.3 Å². The van der Waals surface area contributed by atoms with Crippen molar-refractivity contribution in [1.29, 1.82) is 0 Å². The molecule has 0 aliphatic rings. The van der Waals surface area contributed by atoms with Crippen molar-refractivity contribution in [3.63, 3.8) is 0 Å². The minimum Gasteiger partial charge on any atom is -0.385 e. The third-order valence-corrected chi connectivity index (χ3v) is 1.74. The van der Waals surface area contributed by atoms with Crippen molar-refractivity contribution < 1.29 is 5.11 Å². The largest absolute Gasteiger partial charge is 0.385 e. The molecule has 1 unspecified atom stereocenters. The Morgan fingerprint density at radius 1 is 1.18 bits per heavy atom. The molecule has 0 aliphatic heterocycles. The molecule has 1 atom stereocenters. The van der Waals surface area contributed by atoms with Crippen LogP contribution in [0.25, 0.3) is 0 Å². The lowest BCUT2D eigenvalue weighted by Crippen LogP contribution is -1.98. The summed E-state index contributed by atoms with van der Waals surface area (Å²) >= 11 is 10.8. The smallest absolute Gasteiger partial charge is 0.183 e. The summed E-state index contributed by atoms with van der Waals surface area (Å²) in [5, 5.41) is 9.30. The zero-order chi connectivity index (χ0) is 8.27. The number of halogens is 2.